The van der Waals surface area contributed by atoms with Crippen LogP contribution in [0.15, 0.2) is 60.7 Å². The van der Waals surface area contributed by atoms with Gasteiger partial charge in [0.25, 0.3) is 5.91 Å². The molecule has 0 aliphatic heterocycles. The largest absolute Gasteiger partial charge is 0.271 e. The standard InChI is InChI=1S/C16H14N2O2/c17-11-15(14-9-5-2-6-10-14)16(19)18-20-12-13-7-3-1-4-8-13/h1-10,15H,12H2,(H,18,19). The van der Waals surface area contributed by atoms with Gasteiger partial charge in [0, 0.05) is 0 Å². The van der Waals surface area contributed by atoms with E-state index in [0.29, 0.717) is 5.56 Å². The summed E-state index contributed by atoms with van der Waals surface area (Å²) >= 11 is 0. The average Bonchev–Trinajstić information content (AvgIpc) is 2.50. The second-order valence-electron chi connectivity index (χ2n) is 4.21. The van der Waals surface area contributed by atoms with Gasteiger partial charge >= 0.3 is 0 Å². The topological polar surface area (TPSA) is 62.1 Å². The van der Waals surface area contributed by atoms with E-state index in [1.165, 1.54) is 0 Å². The number of benzene rings is 2. The summed E-state index contributed by atoms with van der Waals surface area (Å²) < 4.78 is 0. The van der Waals surface area contributed by atoms with Gasteiger partial charge in [-0.2, -0.15) is 5.26 Å². The Balaban J connectivity index is 1.89. The minimum Gasteiger partial charge on any atom is -0.271 e. The van der Waals surface area contributed by atoms with E-state index >= 15 is 0 Å². The molecule has 0 aliphatic rings. The number of carbonyl (C=O) groups is 1. The van der Waals surface area contributed by atoms with E-state index in [2.05, 4.69) is 5.48 Å². The number of hydrogen-bond donors (Lipinski definition) is 1. The summed E-state index contributed by atoms with van der Waals surface area (Å²) in [6, 6.07) is 20.3. The lowest BCUT2D eigenvalue weighted by Gasteiger charge is -2.10. The Labute approximate surface area is 117 Å². The van der Waals surface area contributed by atoms with E-state index in [-0.39, 0.29) is 6.61 Å². The molecule has 0 bridgehead atoms. The van der Waals surface area contributed by atoms with E-state index in [9.17, 15) is 4.79 Å². The van der Waals surface area contributed by atoms with Crippen LogP contribution < -0.4 is 5.48 Å². The molecule has 1 atom stereocenters. The number of amides is 1. The zero-order valence-corrected chi connectivity index (χ0v) is 10.8. The molecule has 1 amide bonds. The highest BCUT2D eigenvalue weighted by Gasteiger charge is 2.19. The fourth-order valence-electron chi connectivity index (χ4n) is 1.75. The first-order valence-corrected chi connectivity index (χ1v) is 6.21. The molecule has 2 rings (SSSR count). The molecule has 0 aliphatic carbocycles. The normalized spacial score (nSPS) is 11.3. The Hall–Kier alpha value is -2.64. The summed E-state index contributed by atoms with van der Waals surface area (Å²) in [6.07, 6.45) is 0. The molecule has 0 fully saturated rings. The van der Waals surface area contributed by atoms with Crippen LogP contribution in [0.5, 0.6) is 0 Å². The molecule has 0 heterocycles. The van der Waals surface area contributed by atoms with Crippen molar-refractivity contribution in [1.29, 1.82) is 5.26 Å². The van der Waals surface area contributed by atoms with Crippen molar-refractivity contribution in [1.82, 2.24) is 5.48 Å². The molecule has 0 saturated carbocycles. The fraction of sp³-hybridized carbons (Fsp3) is 0.125. The Morgan fingerprint density at radius 3 is 2.30 bits per heavy atom. The van der Waals surface area contributed by atoms with Gasteiger partial charge in [0.05, 0.1) is 12.7 Å². The van der Waals surface area contributed by atoms with Gasteiger partial charge < -0.3 is 0 Å². The number of carbonyl (C=O) groups excluding carboxylic acids is 1. The predicted molar refractivity (Wildman–Crippen MR) is 74.2 cm³/mol. The number of nitrogens with zero attached hydrogens (tertiary/aromatic N) is 1. The number of hydrogen-bond acceptors (Lipinski definition) is 3. The lowest BCUT2D eigenvalue weighted by Crippen LogP contribution is -2.28. The number of nitrogens with one attached hydrogen (secondary N) is 1. The molecule has 0 aromatic heterocycles. The zero-order valence-electron chi connectivity index (χ0n) is 10.8. The third-order valence-electron chi connectivity index (χ3n) is 2.78. The summed E-state index contributed by atoms with van der Waals surface area (Å²) in [5, 5.41) is 9.10. The molecule has 4 heteroatoms. The third-order valence-corrected chi connectivity index (χ3v) is 2.78. The van der Waals surface area contributed by atoms with E-state index in [1.54, 1.807) is 24.3 Å². The van der Waals surface area contributed by atoms with Crippen molar-refractivity contribution in [2.24, 2.45) is 0 Å². The van der Waals surface area contributed by atoms with E-state index < -0.39 is 11.8 Å². The van der Waals surface area contributed by atoms with Crippen molar-refractivity contribution in [2.45, 2.75) is 12.5 Å². The van der Waals surface area contributed by atoms with Crippen LogP contribution in [0.4, 0.5) is 0 Å². The van der Waals surface area contributed by atoms with Crippen molar-refractivity contribution in [3.8, 4) is 6.07 Å². The molecule has 0 radical (unpaired) electrons. The molecule has 4 nitrogen and oxygen atoms in total. The molecular formula is C16H14N2O2. The highest BCUT2D eigenvalue weighted by atomic mass is 16.6. The maximum atomic E-state index is 11.9. The van der Waals surface area contributed by atoms with Crippen LogP contribution in [0.25, 0.3) is 0 Å². The Bertz CT molecular complexity index is 591. The second-order valence-corrected chi connectivity index (χ2v) is 4.21. The van der Waals surface area contributed by atoms with Gasteiger partial charge in [0.15, 0.2) is 5.92 Å². The van der Waals surface area contributed by atoms with Crippen LogP contribution in [0.2, 0.25) is 0 Å². The maximum Gasteiger partial charge on any atom is 0.265 e. The molecule has 100 valence electrons. The van der Waals surface area contributed by atoms with Crippen LogP contribution >= 0.6 is 0 Å². The monoisotopic (exact) mass is 266 g/mol. The molecule has 1 unspecified atom stereocenters. The summed E-state index contributed by atoms with van der Waals surface area (Å²) in [5.41, 5.74) is 3.91. The molecule has 20 heavy (non-hydrogen) atoms. The molecule has 1 N–H and O–H groups in total. The number of hydroxylamine groups is 1. The molecule has 0 spiro atoms. The van der Waals surface area contributed by atoms with Crippen LogP contribution in [0.3, 0.4) is 0 Å². The van der Waals surface area contributed by atoms with E-state index in [4.69, 9.17) is 10.1 Å². The minimum atomic E-state index is -0.869. The smallest absolute Gasteiger partial charge is 0.265 e. The molecular weight excluding hydrogens is 252 g/mol. The van der Waals surface area contributed by atoms with Crippen LogP contribution in [-0.4, -0.2) is 5.91 Å². The minimum absolute atomic E-state index is 0.263. The third kappa shape index (κ3) is 3.67. The second kappa shape index (κ2) is 7.07. The lowest BCUT2D eigenvalue weighted by atomic mass is 10.0. The van der Waals surface area contributed by atoms with Crippen molar-refractivity contribution < 1.29 is 9.63 Å². The maximum absolute atomic E-state index is 11.9. The Morgan fingerprint density at radius 2 is 1.70 bits per heavy atom. The van der Waals surface area contributed by atoms with Crippen LogP contribution in [0.1, 0.15) is 17.0 Å². The van der Waals surface area contributed by atoms with Gasteiger partial charge in [-0.1, -0.05) is 60.7 Å². The van der Waals surface area contributed by atoms with Crippen molar-refractivity contribution in [3.05, 3.63) is 71.8 Å². The summed E-state index contributed by atoms with van der Waals surface area (Å²) in [7, 11) is 0. The van der Waals surface area contributed by atoms with Gasteiger partial charge in [0.2, 0.25) is 0 Å². The van der Waals surface area contributed by atoms with Gasteiger partial charge in [0.1, 0.15) is 0 Å². The van der Waals surface area contributed by atoms with Crippen molar-refractivity contribution in [3.63, 3.8) is 0 Å². The zero-order chi connectivity index (χ0) is 14.2. The molecule has 2 aromatic carbocycles. The Morgan fingerprint density at radius 1 is 1.10 bits per heavy atom. The first-order chi connectivity index (χ1) is 9.81. The number of rotatable bonds is 5. The highest BCUT2D eigenvalue weighted by molar-refractivity contribution is 5.85. The van der Waals surface area contributed by atoms with Gasteiger partial charge in [-0.25, -0.2) is 5.48 Å². The summed E-state index contributed by atoms with van der Waals surface area (Å²) in [4.78, 5) is 17.0. The quantitative estimate of drug-likeness (QED) is 0.846. The number of nitriles is 1. The van der Waals surface area contributed by atoms with Gasteiger partial charge in [-0.15, -0.1) is 0 Å². The van der Waals surface area contributed by atoms with Crippen LogP contribution in [0, 0.1) is 11.3 Å². The first kappa shape index (κ1) is 13.8. The summed E-state index contributed by atoms with van der Waals surface area (Å²) in [5.74, 6) is -1.33. The molecule has 2 aromatic rings. The van der Waals surface area contributed by atoms with Crippen LogP contribution in [-0.2, 0) is 16.2 Å². The van der Waals surface area contributed by atoms with Crippen molar-refractivity contribution in [2.75, 3.05) is 0 Å². The lowest BCUT2D eigenvalue weighted by molar-refractivity contribution is -0.134. The Kier molecular flexibility index (Phi) is 4.87. The highest BCUT2D eigenvalue weighted by Crippen LogP contribution is 2.14. The predicted octanol–water partition coefficient (Wildman–Crippen LogP) is 2.54. The van der Waals surface area contributed by atoms with E-state index in [1.807, 2.05) is 42.5 Å². The summed E-state index contributed by atoms with van der Waals surface area (Å²) in [6.45, 7) is 0.263. The molecule has 0 saturated heterocycles. The fourth-order valence-corrected chi connectivity index (χ4v) is 1.75. The van der Waals surface area contributed by atoms with Gasteiger partial charge in [-0.3, -0.25) is 9.63 Å². The SMILES string of the molecule is N#CC(C(=O)NOCc1ccccc1)c1ccccc1. The van der Waals surface area contributed by atoms with Gasteiger partial charge in [-0.05, 0) is 11.1 Å². The van der Waals surface area contributed by atoms with E-state index in [0.717, 1.165) is 5.56 Å². The van der Waals surface area contributed by atoms with Crippen molar-refractivity contribution >= 4 is 5.91 Å². The first-order valence-electron chi connectivity index (χ1n) is 6.21. The average molecular weight is 266 g/mol.